The number of Topliss-reactive ketones (excluding diaryl/α,β-unsaturated/α-hetero) is 1. The van der Waals surface area contributed by atoms with Gasteiger partial charge < -0.3 is 4.74 Å². The summed E-state index contributed by atoms with van der Waals surface area (Å²) in [6.07, 6.45) is 2.32. The van der Waals surface area contributed by atoms with Gasteiger partial charge in [-0.1, -0.05) is 6.08 Å². The molecule has 1 aromatic rings. The average molecular weight is 234 g/mol. The number of fused-ring (bicyclic) bond motifs is 1. The summed E-state index contributed by atoms with van der Waals surface area (Å²) in [5.41, 5.74) is -0.434. The number of benzene rings is 1. The summed E-state index contributed by atoms with van der Waals surface area (Å²) in [5, 5.41) is 0. The summed E-state index contributed by atoms with van der Waals surface area (Å²) < 4.78 is 19.5. The van der Waals surface area contributed by atoms with Gasteiger partial charge in [0, 0.05) is 12.0 Å². The molecule has 0 saturated carbocycles. The summed E-state index contributed by atoms with van der Waals surface area (Å²) in [4.78, 5) is 12.1. The molecular formula is C14H15FO2. The van der Waals surface area contributed by atoms with Crippen LogP contribution in [0.3, 0.4) is 0 Å². The minimum absolute atomic E-state index is 0.0807. The molecule has 2 rings (SSSR count). The van der Waals surface area contributed by atoms with Crippen LogP contribution < -0.4 is 4.74 Å². The van der Waals surface area contributed by atoms with Gasteiger partial charge in [-0.25, -0.2) is 4.39 Å². The Morgan fingerprint density at radius 3 is 3.00 bits per heavy atom. The van der Waals surface area contributed by atoms with E-state index in [-0.39, 0.29) is 12.8 Å². The molecule has 1 aliphatic carbocycles. The molecule has 0 unspecified atom stereocenters. The lowest BCUT2D eigenvalue weighted by molar-refractivity contribution is 0.0644. The Morgan fingerprint density at radius 1 is 1.59 bits per heavy atom. The summed E-state index contributed by atoms with van der Waals surface area (Å²) in [6, 6.07) is 5.14. The first-order valence-electron chi connectivity index (χ1n) is 5.62. The average Bonchev–Trinajstić information content (AvgIpc) is 2.34. The van der Waals surface area contributed by atoms with E-state index in [2.05, 4.69) is 6.58 Å². The van der Waals surface area contributed by atoms with E-state index in [4.69, 9.17) is 4.74 Å². The van der Waals surface area contributed by atoms with Crippen LogP contribution in [0.15, 0.2) is 30.9 Å². The van der Waals surface area contributed by atoms with E-state index in [1.165, 1.54) is 6.08 Å². The van der Waals surface area contributed by atoms with Crippen LogP contribution >= 0.6 is 0 Å². The topological polar surface area (TPSA) is 26.3 Å². The van der Waals surface area contributed by atoms with Crippen LogP contribution in [0.5, 0.6) is 5.75 Å². The first kappa shape index (κ1) is 11.8. The molecule has 0 spiro atoms. The van der Waals surface area contributed by atoms with Gasteiger partial charge in [-0.15, -0.1) is 6.58 Å². The molecule has 17 heavy (non-hydrogen) atoms. The van der Waals surface area contributed by atoms with E-state index in [0.29, 0.717) is 17.7 Å². The van der Waals surface area contributed by atoms with Gasteiger partial charge in [0.2, 0.25) is 5.78 Å². The van der Waals surface area contributed by atoms with Crippen LogP contribution in [-0.2, 0) is 6.42 Å². The van der Waals surface area contributed by atoms with Crippen molar-refractivity contribution in [2.24, 2.45) is 0 Å². The van der Waals surface area contributed by atoms with Crippen molar-refractivity contribution in [2.45, 2.75) is 24.9 Å². The molecule has 0 fully saturated rings. The number of hydrogen-bond donors (Lipinski definition) is 0. The molecule has 0 radical (unpaired) electrons. The standard InChI is InChI=1S/C14H15FO2/c1-3-7-14(15)8-6-10-9-11(17-2)4-5-12(10)13(14)16/h3-5,9H,1,6-8H2,2H3/t14-/m0/s1. The number of halogens is 1. The second-order valence-electron chi connectivity index (χ2n) is 4.31. The molecule has 0 saturated heterocycles. The molecule has 0 bridgehead atoms. The fraction of sp³-hybridized carbons (Fsp3) is 0.357. The third kappa shape index (κ3) is 1.97. The minimum atomic E-state index is -1.77. The lowest BCUT2D eigenvalue weighted by atomic mass is 9.79. The molecule has 2 nitrogen and oxygen atoms in total. The number of allylic oxidation sites excluding steroid dienone is 1. The predicted molar refractivity (Wildman–Crippen MR) is 64.3 cm³/mol. The van der Waals surface area contributed by atoms with E-state index < -0.39 is 11.5 Å². The Bertz CT molecular complexity index is 467. The van der Waals surface area contributed by atoms with Crippen molar-refractivity contribution >= 4 is 5.78 Å². The molecule has 0 aromatic heterocycles. The van der Waals surface area contributed by atoms with Crippen LogP contribution in [0, 0.1) is 0 Å². The first-order valence-corrected chi connectivity index (χ1v) is 5.62. The Hall–Kier alpha value is -1.64. The van der Waals surface area contributed by atoms with E-state index in [1.54, 1.807) is 25.3 Å². The van der Waals surface area contributed by atoms with Gasteiger partial charge in [-0.3, -0.25) is 4.79 Å². The Balaban J connectivity index is 2.39. The lowest BCUT2D eigenvalue weighted by Gasteiger charge is -2.28. The van der Waals surface area contributed by atoms with Gasteiger partial charge in [-0.05, 0) is 36.6 Å². The molecular weight excluding hydrogens is 219 g/mol. The van der Waals surface area contributed by atoms with Crippen molar-refractivity contribution in [2.75, 3.05) is 7.11 Å². The maximum Gasteiger partial charge on any atom is 0.200 e. The third-order valence-corrected chi connectivity index (χ3v) is 3.22. The maximum absolute atomic E-state index is 14.4. The van der Waals surface area contributed by atoms with Crippen LogP contribution in [0.25, 0.3) is 0 Å². The first-order chi connectivity index (χ1) is 8.10. The van der Waals surface area contributed by atoms with Gasteiger partial charge in [0.1, 0.15) is 5.75 Å². The van der Waals surface area contributed by atoms with Crippen molar-refractivity contribution in [1.82, 2.24) is 0 Å². The van der Waals surface area contributed by atoms with E-state index in [1.807, 2.05) is 0 Å². The smallest absolute Gasteiger partial charge is 0.200 e. The zero-order valence-corrected chi connectivity index (χ0v) is 9.83. The molecule has 90 valence electrons. The second-order valence-corrected chi connectivity index (χ2v) is 4.31. The Morgan fingerprint density at radius 2 is 2.35 bits per heavy atom. The van der Waals surface area contributed by atoms with E-state index in [0.717, 1.165) is 5.56 Å². The van der Waals surface area contributed by atoms with Gasteiger partial charge in [0.15, 0.2) is 5.67 Å². The molecule has 1 atom stereocenters. The summed E-state index contributed by atoms with van der Waals surface area (Å²) in [6.45, 7) is 3.51. The van der Waals surface area contributed by atoms with E-state index >= 15 is 0 Å². The molecule has 0 aliphatic heterocycles. The Kier molecular flexibility index (Phi) is 3.01. The molecule has 1 aromatic carbocycles. The van der Waals surface area contributed by atoms with Crippen molar-refractivity contribution in [1.29, 1.82) is 0 Å². The van der Waals surface area contributed by atoms with Crippen molar-refractivity contribution in [3.8, 4) is 5.75 Å². The summed E-state index contributed by atoms with van der Waals surface area (Å²) in [7, 11) is 1.57. The third-order valence-electron chi connectivity index (χ3n) is 3.22. The summed E-state index contributed by atoms with van der Waals surface area (Å²) >= 11 is 0. The van der Waals surface area contributed by atoms with Gasteiger partial charge in [-0.2, -0.15) is 0 Å². The summed E-state index contributed by atoms with van der Waals surface area (Å²) in [5.74, 6) is 0.271. The lowest BCUT2D eigenvalue weighted by Crippen LogP contribution is -2.38. The quantitative estimate of drug-likeness (QED) is 0.751. The number of ketones is 1. The normalized spacial score (nSPS) is 23.1. The highest BCUT2D eigenvalue weighted by atomic mass is 19.1. The van der Waals surface area contributed by atoms with E-state index in [9.17, 15) is 9.18 Å². The number of alkyl halides is 1. The molecule has 0 N–H and O–H groups in total. The largest absolute Gasteiger partial charge is 0.497 e. The number of ether oxygens (including phenoxy) is 1. The highest BCUT2D eigenvalue weighted by molar-refractivity contribution is 6.04. The van der Waals surface area contributed by atoms with Crippen LogP contribution in [0.4, 0.5) is 4.39 Å². The number of hydrogen-bond acceptors (Lipinski definition) is 2. The highest BCUT2D eigenvalue weighted by Crippen LogP contribution is 2.35. The number of carbonyl (C=O) groups is 1. The van der Waals surface area contributed by atoms with Crippen molar-refractivity contribution in [3.05, 3.63) is 42.0 Å². The second kappa shape index (κ2) is 4.32. The molecule has 0 amide bonds. The SMILES string of the molecule is C=CC[C@]1(F)CCc2cc(OC)ccc2C1=O. The fourth-order valence-corrected chi connectivity index (χ4v) is 2.24. The van der Waals surface area contributed by atoms with Crippen LogP contribution in [-0.4, -0.2) is 18.6 Å². The highest BCUT2D eigenvalue weighted by Gasteiger charge is 2.41. The van der Waals surface area contributed by atoms with Crippen molar-refractivity contribution < 1.29 is 13.9 Å². The van der Waals surface area contributed by atoms with Gasteiger partial charge in [0.05, 0.1) is 7.11 Å². The monoisotopic (exact) mass is 234 g/mol. The van der Waals surface area contributed by atoms with Crippen molar-refractivity contribution in [3.63, 3.8) is 0 Å². The van der Waals surface area contributed by atoms with Gasteiger partial charge >= 0.3 is 0 Å². The zero-order valence-electron chi connectivity index (χ0n) is 9.83. The molecule has 0 heterocycles. The van der Waals surface area contributed by atoms with Crippen LogP contribution in [0.2, 0.25) is 0 Å². The minimum Gasteiger partial charge on any atom is -0.497 e. The fourth-order valence-electron chi connectivity index (χ4n) is 2.24. The Labute approximate surface area is 100 Å². The predicted octanol–water partition coefficient (Wildman–Crippen LogP) is 3.11. The molecule has 1 aliphatic rings. The van der Waals surface area contributed by atoms with Crippen LogP contribution in [0.1, 0.15) is 28.8 Å². The van der Waals surface area contributed by atoms with Gasteiger partial charge in [0.25, 0.3) is 0 Å². The maximum atomic E-state index is 14.4. The number of aryl methyl sites for hydroxylation is 1. The zero-order chi connectivity index (χ0) is 12.5. The molecule has 3 heteroatoms. The number of methoxy groups -OCH3 is 1. The number of carbonyl (C=O) groups excluding carboxylic acids is 1. The number of rotatable bonds is 3.